The van der Waals surface area contributed by atoms with E-state index in [1.54, 1.807) is 0 Å². The minimum Gasteiger partial charge on any atom is -0.241 e. The molecule has 0 N–H and O–H groups in total. The van der Waals surface area contributed by atoms with Gasteiger partial charge in [-0.1, -0.05) is 0 Å². The smallest absolute Gasteiger partial charge is 0.241 e. The summed E-state index contributed by atoms with van der Waals surface area (Å²) in [7, 11) is -1.42. The standard InChI is InChI=1S/Ag.HO2P/c;1-3-2/h;3H. The normalized spacial score (nSPS) is 3.00. The van der Waals surface area contributed by atoms with Gasteiger partial charge in [-0.15, -0.1) is 0 Å². The maximum Gasteiger partial charge on any atom is 0.303 e. The fourth-order valence-corrected chi connectivity index (χ4v) is 0. The van der Waals surface area contributed by atoms with Gasteiger partial charge in [-0.05, 0) is 0 Å². The Morgan fingerprint density at radius 2 is 1.25 bits per heavy atom. The van der Waals surface area contributed by atoms with E-state index < -0.39 is 8.34 Å². The van der Waals surface area contributed by atoms with E-state index in [2.05, 4.69) is 0 Å². The van der Waals surface area contributed by atoms with Crippen LogP contribution in [-0.2, 0) is 31.5 Å². The Morgan fingerprint density at radius 3 is 1.25 bits per heavy atom. The van der Waals surface area contributed by atoms with Crippen LogP contribution in [0.4, 0.5) is 0 Å². The van der Waals surface area contributed by atoms with Gasteiger partial charge in [-0.25, -0.2) is 9.13 Å². The SMILES string of the molecule is O=[PH]=O.[Ag]. The van der Waals surface area contributed by atoms with Gasteiger partial charge in [-0.2, -0.15) is 0 Å². The molecule has 1 radical (unpaired) electrons. The van der Waals surface area contributed by atoms with Crippen LogP contribution < -0.4 is 0 Å². The van der Waals surface area contributed by atoms with Crippen molar-refractivity contribution in [1.82, 2.24) is 0 Å². The third-order valence-corrected chi connectivity index (χ3v) is 0. The van der Waals surface area contributed by atoms with Crippen molar-refractivity contribution >= 4 is 8.34 Å². The molecule has 0 aromatic carbocycles. The summed E-state index contributed by atoms with van der Waals surface area (Å²) >= 11 is 0. The Hall–Kier alpha value is 0.640. The van der Waals surface area contributed by atoms with Crippen LogP contribution in [0.15, 0.2) is 0 Å². The van der Waals surface area contributed by atoms with E-state index in [9.17, 15) is 0 Å². The first kappa shape index (κ1) is 8.82. The average Bonchev–Trinajstić information content (AvgIpc) is 0.918. The molecule has 0 bridgehead atoms. The summed E-state index contributed by atoms with van der Waals surface area (Å²) in [5.74, 6) is 0. The molecule has 0 aromatic rings. The largest absolute Gasteiger partial charge is 0.303 e. The van der Waals surface area contributed by atoms with Crippen molar-refractivity contribution in [3.05, 3.63) is 0 Å². The van der Waals surface area contributed by atoms with Crippen LogP contribution in [0.5, 0.6) is 0 Å². The summed E-state index contributed by atoms with van der Waals surface area (Å²) in [6, 6.07) is 0. The molecule has 0 rings (SSSR count). The molecule has 4 heteroatoms. The number of hydrogen-bond acceptors (Lipinski definition) is 2. The molecule has 0 spiro atoms. The summed E-state index contributed by atoms with van der Waals surface area (Å²) in [4.78, 5) is 0. The summed E-state index contributed by atoms with van der Waals surface area (Å²) in [6.45, 7) is 0. The van der Waals surface area contributed by atoms with Gasteiger partial charge < -0.3 is 0 Å². The predicted molar refractivity (Wildman–Crippen MR) is 9.69 cm³/mol. The molecule has 4 heavy (non-hydrogen) atoms. The second-order valence-corrected chi connectivity index (χ2v) is 0.250. The van der Waals surface area contributed by atoms with E-state index in [0.717, 1.165) is 0 Å². The second kappa shape index (κ2) is 9.43. The quantitative estimate of drug-likeness (QED) is 0.390. The van der Waals surface area contributed by atoms with Crippen molar-refractivity contribution in [3.63, 3.8) is 0 Å². The molecular weight excluding hydrogens is 171 g/mol. The van der Waals surface area contributed by atoms with Gasteiger partial charge in [0, 0.05) is 22.4 Å². The van der Waals surface area contributed by atoms with Crippen molar-refractivity contribution in [1.29, 1.82) is 0 Å². The zero-order valence-corrected chi connectivity index (χ0v) is 4.10. The molecule has 0 aliphatic heterocycles. The molecule has 0 aliphatic carbocycles. The minimum atomic E-state index is -1.42. The summed E-state index contributed by atoms with van der Waals surface area (Å²) in [5.41, 5.74) is 0. The first-order chi connectivity index (χ1) is 1.41. The van der Waals surface area contributed by atoms with E-state index in [1.165, 1.54) is 0 Å². The number of rotatable bonds is 0. The van der Waals surface area contributed by atoms with E-state index >= 15 is 0 Å². The maximum atomic E-state index is 8.40. The second-order valence-electron chi connectivity index (χ2n) is 0.0833. The summed E-state index contributed by atoms with van der Waals surface area (Å²) < 4.78 is 16.8. The van der Waals surface area contributed by atoms with Crippen molar-refractivity contribution in [2.75, 3.05) is 0 Å². The van der Waals surface area contributed by atoms with Crippen molar-refractivity contribution in [3.8, 4) is 0 Å². The predicted octanol–water partition coefficient (Wildman–Crippen LogP) is 0.353. The molecule has 0 amide bonds. The minimum absolute atomic E-state index is 0. The fourth-order valence-electron chi connectivity index (χ4n) is 0. The van der Waals surface area contributed by atoms with Gasteiger partial charge >= 0.3 is 8.34 Å². The van der Waals surface area contributed by atoms with Crippen LogP contribution in [0, 0.1) is 0 Å². The van der Waals surface area contributed by atoms with E-state index in [0.29, 0.717) is 0 Å². The molecule has 0 unspecified atom stereocenters. The van der Waals surface area contributed by atoms with Crippen LogP contribution >= 0.6 is 8.34 Å². The van der Waals surface area contributed by atoms with Gasteiger partial charge in [-0.3, -0.25) is 0 Å². The molecule has 0 saturated carbocycles. The fraction of sp³-hybridized carbons (Fsp3) is 0. The maximum absolute atomic E-state index is 8.40. The Bertz CT molecular complexity index is 27.0. The third-order valence-electron chi connectivity index (χ3n) is 0. The Balaban J connectivity index is 0. The van der Waals surface area contributed by atoms with Crippen LogP contribution in [0.25, 0.3) is 0 Å². The number of hydrogen-bond donors (Lipinski definition) is 0. The molecule has 0 fully saturated rings. The zero-order chi connectivity index (χ0) is 2.71. The van der Waals surface area contributed by atoms with Crippen LogP contribution in [0.2, 0.25) is 0 Å². The van der Waals surface area contributed by atoms with Crippen molar-refractivity contribution in [2.45, 2.75) is 0 Å². The van der Waals surface area contributed by atoms with Crippen molar-refractivity contribution < 1.29 is 31.5 Å². The Kier molecular flexibility index (Phi) is 20.8. The van der Waals surface area contributed by atoms with E-state index in [4.69, 9.17) is 9.13 Å². The molecule has 0 heterocycles. The Labute approximate surface area is 40.3 Å². The van der Waals surface area contributed by atoms with E-state index in [1.807, 2.05) is 0 Å². The van der Waals surface area contributed by atoms with Gasteiger partial charge in [0.25, 0.3) is 0 Å². The monoisotopic (exact) mass is 171 g/mol. The van der Waals surface area contributed by atoms with Gasteiger partial charge in [0.05, 0.1) is 0 Å². The molecule has 29 valence electrons. The topological polar surface area (TPSA) is 34.1 Å². The average molecular weight is 172 g/mol. The molecule has 0 saturated heterocycles. The Morgan fingerprint density at radius 1 is 1.25 bits per heavy atom. The molecular formula is HAgO2P. The third kappa shape index (κ3) is 17.3. The van der Waals surface area contributed by atoms with Gasteiger partial charge in [0.15, 0.2) is 0 Å². The van der Waals surface area contributed by atoms with Gasteiger partial charge in [0.2, 0.25) is 0 Å². The first-order valence-electron chi connectivity index (χ1n) is 0.408. The first-order valence-corrected chi connectivity index (χ1v) is 1.22. The molecule has 0 atom stereocenters. The van der Waals surface area contributed by atoms with Crippen LogP contribution in [-0.4, -0.2) is 0 Å². The van der Waals surface area contributed by atoms with Crippen LogP contribution in [0.1, 0.15) is 0 Å². The van der Waals surface area contributed by atoms with E-state index in [-0.39, 0.29) is 22.4 Å². The van der Waals surface area contributed by atoms with Crippen LogP contribution in [0.3, 0.4) is 0 Å². The van der Waals surface area contributed by atoms with Gasteiger partial charge in [0.1, 0.15) is 0 Å². The zero-order valence-electron chi connectivity index (χ0n) is 1.62. The summed E-state index contributed by atoms with van der Waals surface area (Å²) in [6.07, 6.45) is 0. The molecule has 2 nitrogen and oxygen atoms in total. The molecule has 0 aromatic heterocycles. The molecule has 0 aliphatic rings. The van der Waals surface area contributed by atoms with Crippen molar-refractivity contribution in [2.24, 2.45) is 0 Å². The summed E-state index contributed by atoms with van der Waals surface area (Å²) in [5, 5.41) is 0.